The molecule has 0 bridgehead atoms. The van der Waals surface area contributed by atoms with Crippen LogP contribution in [-0.2, 0) is 19.4 Å². The van der Waals surface area contributed by atoms with Gasteiger partial charge in [-0.2, -0.15) is 5.10 Å². The molecule has 6 nitrogen and oxygen atoms in total. The first-order chi connectivity index (χ1) is 12.2. The predicted molar refractivity (Wildman–Crippen MR) is 101 cm³/mol. The maximum atomic E-state index is 4.71. The third-order valence-corrected chi connectivity index (χ3v) is 5.85. The molecule has 7 heteroatoms. The molecule has 2 aromatic rings. The number of hydrogen-bond donors (Lipinski definition) is 1. The van der Waals surface area contributed by atoms with Gasteiger partial charge in [-0.05, 0) is 44.4 Å². The fourth-order valence-electron chi connectivity index (χ4n) is 3.85. The minimum absolute atomic E-state index is 0.853. The number of aromatic amines is 1. The summed E-state index contributed by atoms with van der Waals surface area (Å²) in [6.45, 7) is 7.20. The standard InChI is InChI=1S/C18H26N6S/c1-13-11-19-18(25-2)20-17(13)24-9-7-23(8-10-24)12-16-14-5-3-4-6-15(14)21-22-16/h11H,3-10,12H2,1-2H3,(H,21,22). The molecule has 0 amide bonds. The third kappa shape index (κ3) is 3.53. The zero-order chi connectivity index (χ0) is 17.2. The summed E-state index contributed by atoms with van der Waals surface area (Å²) in [6, 6.07) is 0. The minimum atomic E-state index is 0.853. The highest BCUT2D eigenvalue weighted by molar-refractivity contribution is 7.98. The van der Waals surface area contributed by atoms with Crippen LogP contribution in [-0.4, -0.2) is 57.5 Å². The molecule has 0 spiro atoms. The van der Waals surface area contributed by atoms with Crippen molar-refractivity contribution < 1.29 is 0 Å². The Bertz CT molecular complexity index is 735. The second-order valence-electron chi connectivity index (χ2n) is 6.96. The monoisotopic (exact) mass is 358 g/mol. The number of aryl methyl sites for hydroxylation is 2. The molecule has 1 fully saturated rings. The lowest BCUT2D eigenvalue weighted by Crippen LogP contribution is -2.46. The summed E-state index contributed by atoms with van der Waals surface area (Å²) in [6.07, 6.45) is 8.93. The van der Waals surface area contributed by atoms with Crippen LogP contribution in [0.3, 0.4) is 0 Å². The van der Waals surface area contributed by atoms with Crippen molar-refractivity contribution in [2.45, 2.75) is 44.3 Å². The third-order valence-electron chi connectivity index (χ3n) is 5.29. The van der Waals surface area contributed by atoms with E-state index >= 15 is 0 Å². The Balaban J connectivity index is 1.39. The Morgan fingerprint density at radius 3 is 2.76 bits per heavy atom. The molecular formula is C18H26N6S. The van der Waals surface area contributed by atoms with Crippen molar-refractivity contribution in [2.24, 2.45) is 0 Å². The van der Waals surface area contributed by atoms with Gasteiger partial charge in [0.05, 0.1) is 5.69 Å². The van der Waals surface area contributed by atoms with Gasteiger partial charge in [0.1, 0.15) is 5.82 Å². The number of fused-ring (bicyclic) bond motifs is 1. The average Bonchev–Trinajstić information content (AvgIpc) is 3.06. The lowest BCUT2D eigenvalue weighted by molar-refractivity contribution is 0.245. The van der Waals surface area contributed by atoms with Gasteiger partial charge in [0.15, 0.2) is 5.16 Å². The second-order valence-corrected chi connectivity index (χ2v) is 7.73. The van der Waals surface area contributed by atoms with Crippen LogP contribution in [0.5, 0.6) is 0 Å². The van der Waals surface area contributed by atoms with Crippen molar-refractivity contribution in [1.29, 1.82) is 0 Å². The molecule has 2 aromatic heterocycles. The highest BCUT2D eigenvalue weighted by Gasteiger charge is 2.23. The Labute approximate surface area is 153 Å². The molecule has 1 aliphatic carbocycles. The highest BCUT2D eigenvalue weighted by atomic mass is 32.2. The quantitative estimate of drug-likeness (QED) is 0.669. The van der Waals surface area contributed by atoms with Crippen molar-refractivity contribution in [2.75, 3.05) is 37.3 Å². The smallest absolute Gasteiger partial charge is 0.189 e. The van der Waals surface area contributed by atoms with Crippen molar-refractivity contribution in [3.8, 4) is 0 Å². The van der Waals surface area contributed by atoms with Crippen LogP contribution >= 0.6 is 11.8 Å². The van der Waals surface area contributed by atoms with E-state index in [0.29, 0.717) is 0 Å². The Morgan fingerprint density at radius 1 is 1.16 bits per heavy atom. The summed E-state index contributed by atoms with van der Waals surface area (Å²) in [4.78, 5) is 14.0. The number of piperazine rings is 1. The molecule has 1 aliphatic heterocycles. The maximum absolute atomic E-state index is 4.71. The van der Waals surface area contributed by atoms with Gasteiger partial charge in [0.2, 0.25) is 0 Å². The van der Waals surface area contributed by atoms with Crippen LogP contribution in [0.4, 0.5) is 5.82 Å². The van der Waals surface area contributed by atoms with Gasteiger partial charge in [-0.1, -0.05) is 11.8 Å². The first kappa shape index (κ1) is 16.8. The zero-order valence-corrected chi connectivity index (χ0v) is 15.9. The van der Waals surface area contributed by atoms with Gasteiger partial charge in [-0.3, -0.25) is 10.00 Å². The lowest BCUT2D eigenvalue weighted by atomic mass is 9.96. The van der Waals surface area contributed by atoms with Gasteiger partial charge in [-0.15, -0.1) is 0 Å². The molecular weight excluding hydrogens is 332 g/mol. The molecule has 1 saturated heterocycles. The number of H-pyrrole nitrogens is 1. The first-order valence-electron chi connectivity index (χ1n) is 9.14. The SMILES string of the molecule is CSc1ncc(C)c(N2CCN(Cc3n[nH]c4c3CCCC4)CC2)n1. The lowest BCUT2D eigenvalue weighted by Gasteiger charge is -2.35. The summed E-state index contributed by atoms with van der Waals surface area (Å²) in [5.74, 6) is 1.09. The zero-order valence-electron chi connectivity index (χ0n) is 15.1. The van der Waals surface area contributed by atoms with E-state index < -0.39 is 0 Å². The molecule has 0 aromatic carbocycles. The molecule has 1 N–H and O–H groups in total. The largest absolute Gasteiger partial charge is 0.354 e. The Morgan fingerprint density at radius 2 is 1.96 bits per heavy atom. The summed E-state index contributed by atoms with van der Waals surface area (Å²) >= 11 is 1.60. The summed E-state index contributed by atoms with van der Waals surface area (Å²) < 4.78 is 0. The average molecular weight is 359 g/mol. The van der Waals surface area contributed by atoms with E-state index in [4.69, 9.17) is 4.98 Å². The molecule has 25 heavy (non-hydrogen) atoms. The topological polar surface area (TPSA) is 60.9 Å². The van der Waals surface area contributed by atoms with Crippen molar-refractivity contribution in [3.05, 3.63) is 28.7 Å². The highest BCUT2D eigenvalue weighted by Crippen LogP contribution is 2.25. The summed E-state index contributed by atoms with van der Waals surface area (Å²) in [5, 5.41) is 8.72. The van der Waals surface area contributed by atoms with Gasteiger partial charge >= 0.3 is 0 Å². The molecule has 0 saturated carbocycles. The maximum Gasteiger partial charge on any atom is 0.189 e. The number of nitrogens with zero attached hydrogens (tertiary/aromatic N) is 5. The summed E-state index contributed by atoms with van der Waals surface area (Å²) in [7, 11) is 0. The van der Waals surface area contributed by atoms with E-state index in [1.807, 2.05) is 12.5 Å². The number of hydrogen-bond acceptors (Lipinski definition) is 6. The molecule has 134 valence electrons. The molecule has 4 rings (SSSR count). The fraction of sp³-hybridized carbons (Fsp3) is 0.611. The van der Waals surface area contributed by atoms with Gasteiger partial charge < -0.3 is 4.90 Å². The van der Waals surface area contributed by atoms with Gasteiger partial charge in [-0.25, -0.2) is 9.97 Å². The molecule has 3 heterocycles. The number of thioether (sulfide) groups is 1. The number of aromatic nitrogens is 4. The van der Waals surface area contributed by atoms with E-state index in [9.17, 15) is 0 Å². The van der Waals surface area contributed by atoms with Crippen LogP contribution in [0.15, 0.2) is 11.4 Å². The van der Waals surface area contributed by atoms with E-state index in [0.717, 1.165) is 49.3 Å². The second kappa shape index (κ2) is 7.33. The summed E-state index contributed by atoms with van der Waals surface area (Å²) in [5.41, 5.74) is 5.30. The Kier molecular flexibility index (Phi) is 4.94. The molecule has 2 aliphatic rings. The van der Waals surface area contributed by atoms with Gasteiger partial charge in [0.25, 0.3) is 0 Å². The van der Waals surface area contributed by atoms with Gasteiger partial charge in [0, 0.05) is 50.2 Å². The normalized spacial score (nSPS) is 18.4. The molecule has 0 atom stereocenters. The van der Waals surface area contributed by atoms with Crippen LogP contribution < -0.4 is 4.90 Å². The molecule has 0 radical (unpaired) electrons. The first-order valence-corrected chi connectivity index (χ1v) is 10.4. The van der Waals surface area contributed by atoms with Crippen molar-refractivity contribution in [1.82, 2.24) is 25.1 Å². The van der Waals surface area contributed by atoms with Crippen LogP contribution in [0, 0.1) is 6.92 Å². The van der Waals surface area contributed by atoms with Crippen molar-refractivity contribution in [3.63, 3.8) is 0 Å². The fourth-order valence-corrected chi connectivity index (χ4v) is 4.18. The minimum Gasteiger partial charge on any atom is -0.354 e. The van der Waals surface area contributed by atoms with Crippen LogP contribution in [0.25, 0.3) is 0 Å². The van der Waals surface area contributed by atoms with Crippen LogP contribution in [0.1, 0.15) is 35.4 Å². The predicted octanol–water partition coefficient (Wildman–Crippen LogP) is 2.43. The van der Waals surface area contributed by atoms with E-state index in [1.165, 1.54) is 42.6 Å². The number of nitrogens with one attached hydrogen (secondary N) is 1. The van der Waals surface area contributed by atoms with E-state index in [1.54, 1.807) is 11.8 Å². The van der Waals surface area contributed by atoms with E-state index in [2.05, 4.69) is 31.9 Å². The molecule has 0 unspecified atom stereocenters. The van der Waals surface area contributed by atoms with Crippen molar-refractivity contribution >= 4 is 17.6 Å². The van der Waals surface area contributed by atoms with E-state index in [-0.39, 0.29) is 0 Å². The van der Waals surface area contributed by atoms with Crippen LogP contribution in [0.2, 0.25) is 0 Å². The number of anilines is 1. The Hall–Kier alpha value is -1.60. The number of rotatable bonds is 4.